The van der Waals surface area contributed by atoms with Crippen LogP contribution in [0.15, 0.2) is 46.3 Å². The first-order valence-corrected chi connectivity index (χ1v) is 6.96. The maximum Gasteiger partial charge on any atom is 0.248 e. The average Bonchev–Trinajstić information content (AvgIpc) is 3.12. The molecule has 0 aliphatic carbocycles. The van der Waals surface area contributed by atoms with Crippen molar-refractivity contribution < 1.29 is 8.91 Å². The summed E-state index contributed by atoms with van der Waals surface area (Å²) >= 11 is 1.55. The van der Waals surface area contributed by atoms with Crippen LogP contribution in [0.25, 0.3) is 0 Å². The highest BCUT2D eigenvalue weighted by Crippen LogP contribution is 2.22. The Bertz CT molecular complexity index is 679. The smallest absolute Gasteiger partial charge is 0.248 e. The third-order valence-electron chi connectivity index (χ3n) is 2.88. The Hall–Kier alpha value is -2.05. The largest absolute Gasteiger partial charge is 0.337 e. The molecule has 2 N–H and O–H groups in total. The molecule has 3 rings (SSSR count). The molecule has 0 saturated heterocycles. The van der Waals surface area contributed by atoms with E-state index in [4.69, 9.17) is 10.3 Å². The van der Waals surface area contributed by atoms with Crippen LogP contribution in [-0.2, 0) is 6.42 Å². The number of halogens is 1. The van der Waals surface area contributed by atoms with Gasteiger partial charge in [-0.05, 0) is 29.1 Å². The number of hydrogen-bond donors (Lipinski definition) is 1. The molecule has 6 heteroatoms. The van der Waals surface area contributed by atoms with Crippen molar-refractivity contribution in [2.75, 3.05) is 0 Å². The van der Waals surface area contributed by atoms with Crippen molar-refractivity contribution in [2.45, 2.75) is 12.5 Å². The Morgan fingerprint density at radius 3 is 2.75 bits per heavy atom. The summed E-state index contributed by atoms with van der Waals surface area (Å²) in [6.45, 7) is 0. The average molecular weight is 289 g/mol. The van der Waals surface area contributed by atoms with Gasteiger partial charge >= 0.3 is 0 Å². The molecule has 0 aliphatic heterocycles. The molecular formula is C14H12FN3OS. The molecule has 4 nitrogen and oxygen atoms in total. The Morgan fingerprint density at radius 2 is 2.05 bits per heavy atom. The summed E-state index contributed by atoms with van der Waals surface area (Å²) in [4.78, 5) is 5.27. The summed E-state index contributed by atoms with van der Waals surface area (Å²) in [5.41, 5.74) is 6.97. The normalized spacial score (nSPS) is 12.5. The number of thiophene rings is 1. The highest BCUT2D eigenvalue weighted by Gasteiger charge is 2.17. The topological polar surface area (TPSA) is 64.9 Å². The van der Waals surface area contributed by atoms with Crippen molar-refractivity contribution in [1.29, 1.82) is 0 Å². The van der Waals surface area contributed by atoms with Crippen molar-refractivity contribution >= 4 is 11.3 Å². The molecule has 3 aromatic rings. The molecule has 102 valence electrons. The Labute approximate surface area is 119 Å². The van der Waals surface area contributed by atoms with Crippen LogP contribution in [0.1, 0.15) is 28.2 Å². The lowest BCUT2D eigenvalue weighted by molar-refractivity contribution is 0.364. The fraction of sp³-hybridized carbons (Fsp3) is 0.143. The van der Waals surface area contributed by atoms with Crippen LogP contribution in [0.4, 0.5) is 4.39 Å². The monoisotopic (exact) mass is 289 g/mol. The Morgan fingerprint density at radius 1 is 1.25 bits per heavy atom. The number of rotatable bonds is 4. The van der Waals surface area contributed by atoms with Gasteiger partial charge in [-0.2, -0.15) is 4.98 Å². The highest BCUT2D eigenvalue weighted by molar-refractivity contribution is 7.10. The van der Waals surface area contributed by atoms with Gasteiger partial charge in [0, 0.05) is 11.3 Å². The van der Waals surface area contributed by atoms with Crippen molar-refractivity contribution in [3.63, 3.8) is 0 Å². The molecule has 0 radical (unpaired) electrons. The van der Waals surface area contributed by atoms with Crippen LogP contribution >= 0.6 is 11.3 Å². The second-order valence-electron chi connectivity index (χ2n) is 4.35. The van der Waals surface area contributed by atoms with Gasteiger partial charge in [0.2, 0.25) is 5.89 Å². The van der Waals surface area contributed by atoms with E-state index in [1.165, 1.54) is 12.1 Å². The van der Waals surface area contributed by atoms with E-state index in [0.717, 1.165) is 10.4 Å². The second-order valence-corrected chi connectivity index (χ2v) is 5.32. The van der Waals surface area contributed by atoms with Gasteiger partial charge in [-0.15, -0.1) is 11.3 Å². The molecule has 1 unspecified atom stereocenters. The van der Waals surface area contributed by atoms with E-state index in [2.05, 4.69) is 10.1 Å². The molecule has 2 aromatic heterocycles. The van der Waals surface area contributed by atoms with E-state index in [-0.39, 0.29) is 5.82 Å². The summed E-state index contributed by atoms with van der Waals surface area (Å²) in [5, 5.41) is 5.86. The number of nitrogens with zero attached hydrogens (tertiary/aromatic N) is 2. The van der Waals surface area contributed by atoms with Crippen molar-refractivity contribution in [3.05, 3.63) is 69.8 Å². The van der Waals surface area contributed by atoms with Crippen LogP contribution in [0, 0.1) is 5.82 Å². The van der Waals surface area contributed by atoms with Crippen molar-refractivity contribution in [2.24, 2.45) is 5.73 Å². The molecular weight excluding hydrogens is 277 g/mol. The second kappa shape index (κ2) is 5.52. The zero-order chi connectivity index (χ0) is 13.9. The van der Waals surface area contributed by atoms with E-state index in [9.17, 15) is 4.39 Å². The lowest BCUT2D eigenvalue weighted by Gasteiger charge is -2.01. The van der Waals surface area contributed by atoms with E-state index < -0.39 is 6.04 Å². The zero-order valence-electron chi connectivity index (χ0n) is 10.5. The molecule has 0 bridgehead atoms. The number of nitrogens with two attached hydrogens (primary N) is 1. The fourth-order valence-electron chi connectivity index (χ4n) is 1.84. The predicted molar refractivity (Wildman–Crippen MR) is 73.9 cm³/mol. The Balaban J connectivity index is 1.75. The quantitative estimate of drug-likeness (QED) is 0.802. The first kappa shape index (κ1) is 13.0. The highest BCUT2D eigenvalue weighted by atomic mass is 32.1. The first-order chi connectivity index (χ1) is 9.72. The first-order valence-electron chi connectivity index (χ1n) is 6.08. The van der Waals surface area contributed by atoms with Crippen LogP contribution < -0.4 is 5.73 Å². The van der Waals surface area contributed by atoms with E-state index in [0.29, 0.717) is 18.1 Å². The minimum absolute atomic E-state index is 0.262. The summed E-state index contributed by atoms with van der Waals surface area (Å²) in [6.07, 6.45) is 0.487. The maximum atomic E-state index is 12.8. The summed E-state index contributed by atoms with van der Waals surface area (Å²) < 4.78 is 18.0. The van der Waals surface area contributed by atoms with Gasteiger partial charge in [-0.3, -0.25) is 0 Å². The lowest BCUT2D eigenvalue weighted by atomic mass is 10.1. The third kappa shape index (κ3) is 2.76. The van der Waals surface area contributed by atoms with Crippen LogP contribution in [0.5, 0.6) is 0 Å². The Kier molecular flexibility index (Phi) is 3.58. The molecule has 0 saturated carbocycles. The van der Waals surface area contributed by atoms with Crippen LogP contribution in [0.2, 0.25) is 0 Å². The SMILES string of the molecule is NC(c1nc(Cc2ccc(F)cc2)no1)c1cccs1. The number of hydrogen-bond acceptors (Lipinski definition) is 5. The van der Waals surface area contributed by atoms with Crippen molar-refractivity contribution in [3.8, 4) is 0 Å². The van der Waals surface area contributed by atoms with Crippen molar-refractivity contribution in [1.82, 2.24) is 10.1 Å². The van der Waals surface area contributed by atoms with Crippen LogP contribution in [-0.4, -0.2) is 10.1 Å². The molecule has 1 aromatic carbocycles. The molecule has 0 amide bonds. The zero-order valence-corrected chi connectivity index (χ0v) is 11.3. The van der Waals surface area contributed by atoms with E-state index in [1.54, 1.807) is 23.5 Å². The van der Waals surface area contributed by atoms with Gasteiger partial charge in [0.05, 0.1) is 0 Å². The fourth-order valence-corrected chi connectivity index (χ4v) is 2.56. The summed E-state index contributed by atoms with van der Waals surface area (Å²) in [5.74, 6) is 0.672. The van der Waals surface area contributed by atoms with Gasteiger partial charge in [0.15, 0.2) is 5.82 Å². The van der Waals surface area contributed by atoms with Gasteiger partial charge in [0.1, 0.15) is 11.9 Å². The molecule has 0 spiro atoms. The standard InChI is InChI=1S/C14H12FN3OS/c15-10-5-3-9(4-6-10)8-12-17-14(19-18-12)13(16)11-2-1-7-20-11/h1-7,13H,8,16H2. The minimum atomic E-state index is -0.399. The lowest BCUT2D eigenvalue weighted by Crippen LogP contribution is -2.10. The molecule has 20 heavy (non-hydrogen) atoms. The van der Waals surface area contributed by atoms with E-state index in [1.807, 2.05) is 17.5 Å². The van der Waals surface area contributed by atoms with Gasteiger partial charge < -0.3 is 10.3 Å². The number of benzene rings is 1. The van der Waals surface area contributed by atoms with Gasteiger partial charge in [0.25, 0.3) is 0 Å². The van der Waals surface area contributed by atoms with Gasteiger partial charge in [-0.25, -0.2) is 4.39 Å². The number of aromatic nitrogens is 2. The van der Waals surface area contributed by atoms with E-state index >= 15 is 0 Å². The molecule has 0 fully saturated rings. The van der Waals surface area contributed by atoms with Crippen LogP contribution in [0.3, 0.4) is 0 Å². The molecule has 1 atom stereocenters. The predicted octanol–water partition coefficient (Wildman–Crippen LogP) is 2.91. The van der Waals surface area contributed by atoms with Gasteiger partial charge in [-0.1, -0.05) is 23.4 Å². The summed E-state index contributed by atoms with van der Waals surface area (Å²) in [7, 11) is 0. The third-order valence-corrected chi connectivity index (χ3v) is 3.83. The summed E-state index contributed by atoms with van der Waals surface area (Å²) in [6, 6.07) is 9.68. The maximum absolute atomic E-state index is 12.8. The molecule has 0 aliphatic rings. The molecule has 2 heterocycles. The minimum Gasteiger partial charge on any atom is -0.337 e.